The minimum Gasteiger partial charge on any atom is -0.444 e. The van der Waals surface area contributed by atoms with Gasteiger partial charge in [0.1, 0.15) is 17.2 Å². The van der Waals surface area contributed by atoms with Gasteiger partial charge in [-0.25, -0.2) is 19.2 Å². The van der Waals surface area contributed by atoms with E-state index >= 15 is 0 Å². The van der Waals surface area contributed by atoms with Crippen molar-refractivity contribution in [3.05, 3.63) is 0 Å². The Balaban J connectivity index is 4.70. The minimum atomic E-state index is -1.12. The van der Waals surface area contributed by atoms with E-state index in [9.17, 15) is 19.2 Å². The van der Waals surface area contributed by atoms with Crippen molar-refractivity contribution in [3.63, 3.8) is 0 Å². The lowest BCUT2D eigenvalue weighted by molar-refractivity contribution is -0.142. The zero-order valence-corrected chi connectivity index (χ0v) is 20.0. The Kier molecular flexibility index (Phi) is 12.0. The molecule has 0 saturated heterocycles. The Morgan fingerprint density at radius 3 is 1.90 bits per heavy atom. The smallest absolute Gasteiger partial charge is 0.444 e. The molecule has 0 saturated carbocycles. The molecule has 0 spiro atoms. The van der Waals surface area contributed by atoms with E-state index in [1.165, 1.54) is 0 Å². The van der Waals surface area contributed by atoms with Crippen LogP contribution >= 0.6 is 0 Å². The number of hydrogen-bond donors (Lipinski definition) is 2. The molecule has 0 aromatic carbocycles. The second kappa shape index (κ2) is 13.0. The van der Waals surface area contributed by atoms with Crippen molar-refractivity contribution in [1.29, 1.82) is 0 Å². The summed E-state index contributed by atoms with van der Waals surface area (Å²) in [6.07, 6.45) is -1.34. The summed E-state index contributed by atoms with van der Waals surface area (Å²) < 4.78 is 19.8. The summed E-state index contributed by atoms with van der Waals surface area (Å²) in [7, 11) is 0. The van der Waals surface area contributed by atoms with Crippen LogP contribution in [-0.4, -0.2) is 54.7 Å². The first-order chi connectivity index (χ1) is 14.1. The van der Waals surface area contributed by atoms with Gasteiger partial charge in [0.15, 0.2) is 0 Å². The highest BCUT2D eigenvalue weighted by Crippen LogP contribution is 2.10. The second-order valence-electron chi connectivity index (χ2n) is 9.50. The van der Waals surface area contributed by atoms with Crippen LogP contribution in [0.1, 0.15) is 74.7 Å². The van der Waals surface area contributed by atoms with Crippen LogP contribution < -0.4 is 10.6 Å². The van der Waals surface area contributed by atoms with Gasteiger partial charge in [-0.15, -0.1) is 0 Å². The summed E-state index contributed by atoms with van der Waals surface area (Å²) in [6.45, 7) is 14.4. The normalized spacial score (nSPS) is 12.5. The highest BCUT2D eigenvalue weighted by molar-refractivity contribution is 5.88. The zero-order valence-electron chi connectivity index (χ0n) is 20.0. The van der Waals surface area contributed by atoms with Crippen molar-refractivity contribution in [2.75, 3.05) is 13.2 Å². The van der Waals surface area contributed by atoms with Crippen molar-refractivity contribution in [3.8, 4) is 0 Å². The molecule has 10 nitrogen and oxygen atoms in total. The Labute approximate surface area is 184 Å². The molecule has 0 aromatic heterocycles. The Morgan fingerprint density at radius 2 is 1.39 bits per heavy atom. The number of rotatable bonds is 9. The molecule has 180 valence electrons. The van der Waals surface area contributed by atoms with Gasteiger partial charge < -0.3 is 29.6 Å². The molecule has 10 heteroatoms. The van der Waals surface area contributed by atoms with Gasteiger partial charge in [-0.1, -0.05) is 13.8 Å². The average Bonchev–Trinajstić information content (AvgIpc) is 2.55. The van der Waals surface area contributed by atoms with Crippen LogP contribution in [-0.2, 0) is 23.7 Å². The number of unbranched alkanes of at least 4 members (excludes halogenated alkanes) is 1. The van der Waals surface area contributed by atoms with Crippen LogP contribution in [0.3, 0.4) is 0 Å². The molecule has 0 aliphatic rings. The molecule has 0 aliphatic carbocycles. The summed E-state index contributed by atoms with van der Waals surface area (Å²) in [5.74, 6) is -0.865. The third kappa shape index (κ3) is 16.9. The Hall–Kier alpha value is -2.52. The number of alkyl carbamates (subject to hydrolysis) is 2. The first kappa shape index (κ1) is 28.5. The second-order valence-corrected chi connectivity index (χ2v) is 9.50. The molecule has 0 aromatic rings. The van der Waals surface area contributed by atoms with E-state index in [4.69, 9.17) is 14.2 Å². The highest BCUT2D eigenvalue weighted by Gasteiger charge is 2.27. The van der Waals surface area contributed by atoms with E-state index in [-0.39, 0.29) is 18.9 Å². The SMILES string of the molecule is CC(C)COC(=O)OC(=O)C(CCCCNC(=O)OC(C)(C)C)NC(=O)OC(C)(C)C. The van der Waals surface area contributed by atoms with Crippen LogP contribution in [0, 0.1) is 5.92 Å². The molecule has 2 amide bonds. The summed E-state index contributed by atoms with van der Waals surface area (Å²) >= 11 is 0. The third-order valence-electron chi connectivity index (χ3n) is 3.28. The van der Waals surface area contributed by atoms with Crippen LogP contribution in [0.15, 0.2) is 0 Å². The van der Waals surface area contributed by atoms with Gasteiger partial charge in [-0.3, -0.25) is 0 Å². The molecule has 2 N–H and O–H groups in total. The topological polar surface area (TPSA) is 129 Å². The lowest BCUT2D eigenvalue weighted by atomic mass is 10.1. The number of esters is 1. The molecular weight excluding hydrogens is 408 g/mol. The number of hydrogen-bond acceptors (Lipinski definition) is 8. The van der Waals surface area contributed by atoms with Crippen molar-refractivity contribution in [2.45, 2.75) is 91.9 Å². The summed E-state index contributed by atoms with van der Waals surface area (Å²) in [4.78, 5) is 47.7. The number of nitrogens with one attached hydrogen (secondary N) is 2. The van der Waals surface area contributed by atoms with Crippen LogP contribution in [0.5, 0.6) is 0 Å². The molecule has 0 rings (SSSR count). The third-order valence-corrected chi connectivity index (χ3v) is 3.28. The first-order valence-electron chi connectivity index (χ1n) is 10.4. The molecule has 0 heterocycles. The molecule has 1 atom stereocenters. The molecule has 0 bridgehead atoms. The molecule has 0 radical (unpaired) electrons. The number of amides is 2. The molecule has 31 heavy (non-hydrogen) atoms. The van der Waals surface area contributed by atoms with Crippen molar-refractivity contribution in [2.24, 2.45) is 5.92 Å². The van der Waals surface area contributed by atoms with E-state index in [0.29, 0.717) is 19.4 Å². The van der Waals surface area contributed by atoms with E-state index in [2.05, 4.69) is 15.4 Å². The van der Waals surface area contributed by atoms with Crippen molar-refractivity contribution in [1.82, 2.24) is 10.6 Å². The van der Waals surface area contributed by atoms with Crippen molar-refractivity contribution < 1.29 is 38.1 Å². The molecule has 0 aliphatic heterocycles. The van der Waals surface area contributed by atoms with Gasteiger partial charge in [0, 0.05) is 6.54 Å². The predicted molar refractivity (Wildman–Crippen MR) is 114 cm³/mol. The Bertz CT molecular complexity index is 605. The standard InChI is InChI=1S/C21H38N2O8/c1-14(2)13-28-19(27)29-16(24)15(23-18(26)31-21(6,7)8)11-9-10-12-22-17(25)30-20(3,4)5/h14-15H,9-13H2,1-8H3,(H,22,25)(H,23,26). The zero-order chi connectivity index (χ0) is 24.2. The minimum absolute atomic E-state index is 0.0795. The van der Waals surface area contributed by atoms with Gasteiger partial charge in [0.2, 0.25) is 0 Å². The van der Waals surface area contributed by atoms with Crippen LogP contribution in [0.25, 0.3) is 0 Å². The van der Waals surface area contributed by atoms with Gasteiger partial charge >= 0.3 is 24.3 Å². The van der Waals surface area contributed by atoms with E-state index < -0.39 is 41.6 Å². The van der Waals surface area contributed by atoms with Crippen molar-refractivity contribution >= 4 is 24.3 Å². The Morgan fingerprint density at radius 1 is 0.839 bits per heavy atom. The van der Waals surface area contributed by atoms with Gasteiger partial charge in [-0.2, -0.15) is 0 Å². The highest BCUT2D eigenvalue weighted by atomic mass is 16.7. The number of ether oxygens (including phenoxy) is 4. The molecule has 1 unspecified atom stereocenters. The van der Waals surface area contributed by atoms with E-state index in [1.54, 1.807) is 41.5 Å². The summed E-state index contributed by atoms with van der Waals surface area (Å²) in [5.41, 5.74) is -1.35. The maximum atomic E-state index is 12.3. The maximum absolute atomic E-state index is 12.3. The van der Waals surface area contributed by atoms with Gasteiger partial charge in [0.05, 0.1) is 6.61 Å². The first-order valence-corrected chi connectivity index (χ1v) is 10.4. The molecule has 0 fully saturated rings. The number of carbonyl (C=O) groups excluding carboxylic acids is 4. The predicted octanol–water partition coefficient (Wildman–Crippen LogP) is 3.91. The van der Waals surface area contributed by atoms with E-state index in [0.717, 1.165) is 0 Å². The number of carbonyl (C=O) groups is 4. The summed E-state index contributed by atoms with van der Waals surface area (Å²) in [5, 5.41) is 5.03. The molecular formula is C21H38N2O8. The van der Waals surface area contributed by atoms with Crippen LogP contribution in [0.4, 0.5) is 14.4 Å². The van der Waals surface area contributed by atoms with Gasteiger partial charge in [0.25, 0.3) is 0 Å². The average molecular weight is 447 g/mol. The monoisotopic (exact) mass is 446 g/mol. The maximum Gasteiger partial charge on any atom is 0.516 e. The fourth-order valence-corrected chi connectivity index (χ4v) is 2.09. The fraction of sp³-hybridized carbons (Fsp3) is 0.810. The van der Waals surface area contributed by atoms with Crippen LogP contribution in [0.2, 0.25) is 0 Å². The van der Waals surface area contributed by atoms with Gasteiger partial charge in [-0.05, 0) is 66.7 Å². The lowest BCUT2D eigenvalue weighted by Crippen LogP contribution is -2.45. The fourth-order valence-electron chi connectivity index (χ4n) is 2.09. The lowest BCUT2D eigenvalue weighted by Gasteiger charge is -2.22. The van der Waals surface area contributed by atoms with E-state index in [1.807, 2.05) is 13.8 Å². The largest absolute Gasteiger partial charge is 0.516 e. The quantitative estimate of drug-likeness (QED) is 0.236. The summed E-state index contributed by atoms with van der Waals surface area (Å²) in [6, 6.07) is -1.11.